The number of benzene rings is 1. The quantitative estimate of drug-likeness (QED) is 0.533. The molecule has 2 heterocycles. The third-order valence-electron chi connectivity index (χ3n) is 6.58. The van der Waals surface area contributed by atoms with Crippen molar-refractivity contribution in [1.82, 2.24) is 5.32 Å². The maximum absolute atomic E-state index is 13.7. The zero-order valence-electron chi connectivity index (χ0n) is 19.5. The highest BCUT2D eigenvalue weighted by Gasteiger charge is 2.47. The molecule has 0 saturated carbocycles. The Labute approximate surface area is 192 Å². The third-order valence-corrected chi connectivity index (χ3v) is 6.58. The summed E-state index contributed by atoms with van der Waals surface area (Å²) in [6.45, 7) is 7.52. The molecule has 8 nitrogen and oxygen atoms in total. The van der Waals surface area contributed by atoms with Crippen LogP contribution >= 0.6 is 0 Å². The lowest BCUT2D eigenvalue weighted by molar-refractivity contribution is -0.151. The molecule has 0 saturated heterocycles. The molecule has 1 aromatic rings. The molecule has 0 spiro atoms. The molecule has 8 heteroatoms. The summed E-state index contributed by atoms with van der Waals surface area (Å²) in [5.41, 5.74) is 2.77. The molecule has 0 aromatic heterocycles. The van der Waals surface area contributed by atoms with Crippen LogP contribution in [0.25, 0.3) is 0 Å². The first kappa shape index (κ1) is 22.9. The summed E-state index contributed by atoms with van der Waals surface area (Å²) in [6.07, 6.45) is 0.859. The summed E-state index contributed by atoms with van der Waals surface area (Å²) in [4.78, 5) is 39.5. The lowest BCUT2D eigenvalue weighted by Crippen LogP contribution is -2.43. The Morgan fingerprint density at radius 1 is 1.24 bits per heavy atom. The zero-order valence-corrected chi connectivity index (χ0v) is 19.5. The number of methoxy groups -OCH3 is 1. The van der Waals surface area contributed by atoms with Crippen LogP contribution in [0.15, 0.2) is 40.7 Å². The number of rotatable bonds is 5. The van der Waals surface area contributed by atoms with Gasteiger partial charge in [-0.25, -0.2) is 4.79 Å². The Balaban J connectivity index is 1.85. The predicted octanol–water partition coefficient (Wildman–Crippen LogP) is 3.37. The molecule has 176 valence electrons. The number of esters is 2. The number of hydrogen-bond acceptors (Lipinski definition) is 8. The molecule has 33 heavy (non-hydrogen) atoms. The highest BCUT2D eigenvalue weighted by Crippen LogP contribution is 2.47. The molecule has 1 aliphatic carbocycles. The van der Waals surface area contributed by atoms with Gasteiger partial charge in [0, 0.05) is 22.9 Å². The van der Waals surface area contributed by atoms with E-state index in [-0.39, 0.29) is 24.6 Å². The molecule has 1 aromatic carbocycles. The second kappa shape index (κ2) is 8.92. The number of fused-ring (bicyclic) bond motifs is 1. The van der Waals surface area contributed by atoms with Crippen molar-refractivity contribution in [2.24, 2.45) is 11.8 Å². The smallest absolute Gasteiger partial charge is 0.337 e. The first-order valence-electron chi connectivity index (χ1n) is 11.2. The van der Waals surface area contributed by atoms with E-state index < -0.39 is 23.8 Å². The fraction of sp³-hybridized carbons (Fsp3) is 0.480. The van der Waals surface area contributed by atoms with Gasteiger partial charge in [0.05, 0.1) is 18.8 Å². The van der Waals surface area contributed by atoms with Gasteiger partial charge < -0.3 is 24.3 Å². The number of ketones is 1. The number of hydrogen-bond donors (Lipinski definition) is 1. The normalized spacial score (nSPS) is 24.8. The third kappa shape index (κ3) is 3.98. The largest absolute Gasteiger partial charge is 0.468 e. The van der Waals surface area contributed by atoms with Crippen LogP contribution < -0.4 is 14.8 Å². The molecule has 4 rings (SSSR count). The second-order valence-corrected chi connectivity index (χ2v) is 8.77. The number of Topliss-reactive ketones (excluding diaryl/α,β-unsaturated/α-hetero) is 1. The van der Waals surface area contributed by atoms with Gasteiger partial charge in [0.25, 0.3) is 0 Å². The molecule has 0 radical (unpaired) electrons. The van der Waals surface area contributed by atoms with Crippen molar-refractivity contribution >= 4 is 17.7 Å². The van der Waals surface area contributed by atoms with Gasteiger partial charge in [-0.3, -0.25) is 9.59 Å². The van der Waals surface area contributed by atoms with E-state index >= 15 is 0 Å². The predicted molar refractivity (Wildman–Crippen MR) is 118 cm³/mol. The number of ether oxygens (including phenoxy) is 4. The van der Waals surface area contributed by atoms with Crippen LogP contribution in [-0.4, -0.2) is 37.7 Å². The van der Waals surface area contributed by atoms with Gasteiger partial charge >= 0.3 is 11.9 Å². The van der Waals surface area contributed by atoms with Crippen molar-refractivity contribution in [1.29, 1.82) is 0 Å². The Bertz CT molecular complexity index is 1070. The fourth-order valence-electron chi connectivity index (χ4n) is 4.71. The van der Waals surface area contributed by atoms with Crippen molar-refractivity contribution in [3.63, 3.8) is 0 Å². The summed E-state index contributed by atoms with van der Waals surface area (Å²) in [5, 5.41) is 3.26. The van der Waals surface area contributed by atoms with E-state index in [0.29, 0.717) is 52.4 Å². The lowest BCUT2D eigenvalue weighted by atomic mass is 9.69. The zero-order chi connectivity index (χ0) is 23.9. The van der Waals surface area contributed by atoms with E-state index in [1.165, 1.54) is 7.11 Å². The Hall–Kier alpha value is -3.29. The minimum Gasteiger partial charge on any atom is -0.468 e. The van der Waals surface area contributed by atoms with Gasteiger partial charge in [-0.2, -0.15) is 0 Å². The molecule has 0 fully saturated rings. The lowest BCUT2D eigenvalue weighted by Gasteiger charge is -2.38. The average Bonchev–Trinajstić information content (AvgIpc) is 3.25. The van der Waals surface area contributed by atoms with Crippen LogP contribution in [0, 0.1) is 11.8 Å². The molecule has 3 aliphatic rings. The molecular formula is C25H29NO7. The van der Waals surface area contributed by atoms with E-state index in [4.69, 9.17) is 18.9 Å². The van der Waals surface area contributed by atoms with Gasteiger partial charge in [-0.05, 0) is 50.3 Å². The molecule has 0 amide bonds. The topological polar surface area (TPSA) is 100 Å². The number of dihydropyridines is 1. The van der Waals surface area contributed by atoms with Crippen LogP contribution in [0.3, 0.4) is 0 Å². The number of allylic oxidation sites excluding steroid dienone is 3. The summed E-state index contributed by atoms with van der Waals surface area (Å²) in [5.74, 6) is -2.15. The van der Waals surface area contributed by atoms with Crippen LogP contribution in [0.2, 0.25) is 0 Å². The van der Waals surface area contributed by atoms with E-state index in [0.717, 1.165) is 0 Å². The monoisotopic (exact) mass is 455 g/mol. The average molecular weight is 456 g/mol. The highest BCUT2D eigenvalue weighted by atomic mass is 16.7. The number of carbonyl (C=O) groups excluding carboxylic acids is 3. The highest BCUT2D eigenvalue weighted by molar-refractivity contribution is 6.12. The van der Waals surface area contributed by atoms with Crippen molar-refractivity contribution in [3.05, 3.63) is 46.3 Å². The maximum atomic E-state index is 13.7. The van der Waals surface area contributed by atoms with E-state index in [2.05, 4.69) is 5.32 Å². The van der Waals surface area contributed by atoms with Gasteiger partial charge in [0.1, 0.15) is 5.92 Å². The van der Waals surface area contributed by atoms with Gasteiger partial charge in [-0.1, -0.05) is 19.9 Å². The van der Waals surface area contributed by atoms with Crippen LogP contribution in [0.1, 0.15) is 52.0 Å². The van der Waals surface area contributed by atoms with Crippen molar-refractivity contribution in [2.45, 2.75) is 52.6 Å². The summed E-state index contributed by atoms with van der Waals surface area (Å²) < 4.78 is 21.6. The van der Waals surface area contributed by atoms with Crippen LogP contribution in [0.4, 0.5) is 0 Å². The van der Waals surface area contributed by atoms with E-state index in [1.54, 1.807) is 19.1 Å². The van der Waals surface area contributed by atoms with Crippen molar-refractivity contribution < 1.29 is 33.3 Å². The Morgan fingerprint density at radius 2 is 1.97 bits per heavy atom. The molecule has 0 unspecified atom stereocenters. The SMILES string of the molecule is CC[C@H](C)OC(=O)C1=C(C)NC2=C(C(=O)[C@H](C(=O)OC)[C@@H](C)C2)[C@@H]1c1ccc2c(c1)OCO2. The maximum Gasteiger partial charge on any atom is 0.337 e. The number of carbonyl (C=O) groups is 3. The summed E-state index contributed by atoms with van der Waals surface area (Å²) >= 11 is 0. The minimum atomic E-state index is -0.933. The van der Waals surface area contributed by atoms with Gasteiger partial charge in [0.2, 0.25) is 6.79 Å². The van der Waals surface area contributed by atoms with Crippen LogP contribution in [0.5, 0.6) is 11.5 Å². The van der Waals surface area contributed by atoms with Crippen molar-refractivity contribution in [2.75, 3.05) is 13.9 Å². The minimum absolute atomic E-state index is 0.109. The molecule has 4 atom stereocenters. The summed E-state index contributed by atoms with van der Waals surface area (Å²) in [6, 6.07) is 5.36. The van der Waals surface area contributed by atoms with Crippen molar-refractivity contribution in [3.8, 4) is 11.5 Å². The standard InChI is InChI=1S/C25H29NO7/c1-6-13(3)33-25(29)20-14(4)26-16-9-12(2)19(24(28)30-5)23(27)22(16)21(20)15-7-8-17-18(10-15)32-11-31-17/h7-8,10,12-13,19,21,26H,6,9,11H2,1-5H3/t12-,13-,19+,21+/m0/s1. The molecule has 2 aliphatic heterocycles. The fourth-order valence-corrected chi connectivity index (χ4v) is 4.71. The van der Waals surface area contributed by atoms with Gasteiger partial charge in [-0.15, -0.1) is 0 Å². The summed E-state index contributed by atoms with van der Waals surface area (Å²) in [7, 11) is 1.28. The molecular weight excluding hydrogens is 426 g/mol. The first-order valence-corrected chi connectivity index (χ1v) is 11.2. The molecule has 0 bridgehead atoms. The van der Waals surface area contributed by atoms with E-state index in [1.807, 2.05) is 26.8 Å². The van der Waals surface area contributed by atoms with Gasteiger partial charge in [0.15, 0.2) is 17.3 Å². The van der Waals surface area contributed by atoms with Crippen LogP contribution in [-0.2, 0) is 23.9 Å². The van der Waals surface area contributed by atoms with E-state index in [9.17, 15) is 14.4 Å². The second-order valence-electron chi connectivity index (χ2n) is 8.77. The Morgan fingerprint density at radius 3 is 2.67 bits per heavy atom. The molecule has 1 N–H and O–H groups in total. The first-order chi connectivity index (χ1) is 15.8. The number of nitrogens with one attached hydrogen (secondary N) is 1. The Kier molecular flexibility index (Phi) is 6.19.